The van der Waals surface area contributed by atoms with E-state index < -0.39 is 0 Å². The standard InChI is InChI=1S/C16H19BrFNS/c1-4-19-14(15-8-10(2)11(3)20-15)9-12-6-5-7-13(18)16(12)17/h5-8,14,19H,4,9H2,1-3H3. The highest BCUT2D eigenvalue weighted by atomic mass is 79.9. The number of hydrogen-bond acceptors (Lipinski definition) is 2. The van der Waals surface area contributed by atoms with Crippen molar-refractivity contribution in [2.45, 2.75) is 33.2 Å². The molecule has 2 aromatic rings. The van der Waals surface area contributed by atoms with Crippen LogP contribution >= 0.6 is 27.3 Å². The largest absolute Gasteiger partial charge is 0.309 e. The van der Waals surface area contributed by atoms with Crippen LogP contribution in [0.2, 0.25) is 0 Å². The van der Waals surface area contributed by atoms with Crippen molar-refractivity contribution in [1.82, 2.24) is 5.32 Å². The fourth-order valence-electron chi connectivity index (χ4n) is 2.22. The lowest BCUT2D eigenvalue weighted by molar-refractivity contribution is 0.552. The predicted octanol–water partition coefficient (Wildman–Crippen LogP) is 5.16. The average Bonchev–Trinajstić information content (AvgIpc) is 2.74. The zero-order valence-corrected chi connectivity index (χ0v) is 14.4. The van der Waals surface area contributed by atoms with E-state index in [0.717, 1.165) is 18.5 Å². The van der Waals surface area contributed by atoms with Gasteiger partial charge >= 0.3 is 0 Å². The monoisotopic (exact) mass is 355 g/mol. The summed E-state index contributed by atoms with van der Waals surface area (Å²) in [6.07, 6.45) is 0.783. The zero-order valence-electron chi connectivity index (χ0n) is 12.0. The molecule has 1 unspecified atom stereocenters. The van der Waals surface area contributed by atoms with Crippen LogP contribution in [0.1, 0.15) is 33.8 Å². The highest BCUT2D eigenvalue weighted by Gasteiger charge is 2.17. The first-order valence-electron chi connectivity index (χ1n) is 6.76. The molecule has 1 heterocycles. The van der Waals surface area contributed by atoms with Crippen LogP contribution in [0.5, 0.6) is 0 Å². The van der Waals surface area contributed by atoms with E-state index in [0.29, 0.717) is 4.47 Å². The van der Waals surface area contributed by atoms with Crippen molar-refractivity contribution in [2.75, 3.05) is 6.54 Å². The van der Waals surface area contributed by atoms with Gasteiger partial charge in [-0.05, 0) is 66.0 Å². The minimum absolute atomic E-state index is 0.198. The number of likely N-dealkylation sites (N-methyl/N-ethyl adjacent to an activating group) is 1. The van der Waals surface area contributed by atoms with Gasteiger partial charge in [0.15, 0.2) is 0 Å². The maximum Gasteiger partial charge on any atom is 0.137 e. The highest BCUT2D eigenvalue weighted by molar-refractivity contribution is 9.10. The second kappa shape index (κ2) is 6.83. The van der Waals surface area contributed by atoms with Crippen LogP contribution in [0.15, 0.2) is 28.7 Å². The molecule has 0 saturated carbocycles. The highest BCUT2D eigenvalue weighted by Crippen LogP contribution is 2.31. The maximum atomic E-state index is 13.6. The second-order valence-corrected chi connectivity index (χ2v) is 7.00. The summed E-state index contributed by atoms with van der Waals surface area (Å²) >= 11 is 5.17. The van der Waals surface area contributed by atoms with Crippen molar-refractivity contribution >= 4 is 27.3 Å². The van der Waals surface area contributed by atoms with Gasteiger partial charge in [-0.2, -0.15) is 0 Å². The van der Waals surface area contributed by atoms with Crippen LogP contribution in [0.3, 0.4) is 0 Å². The molecule has 108 valence electrons. The number of hydrogen-bond donors (Lipinski definition) is 1. The van der Waals surface area contributed by atoms with Crippen molar-refractivity contribution in [3.63, 3.8) is 0 Å². The fourth-order valence-corrected chi connectivity index (χ4v) is 3.76. The van der Waals surface area contributed by atoms with Crippen molar-refractivity contribution in [1.29, 1.82) is 0 Å². The van der Waals surface area contributed by atoms with Crippen molar-refractivity contribution in [3.8, 4) is 0 Å². The molecular formula is C16H19BrFNS. The number of benzene rings is 1. The molecule has 0 aliphatic carbocycles. The van der Waals surface area contributed by atoms with E-state index in [-0.39, 0.29) is 11.9 Å². The van der Waals surface area contributed by atoms with E-state index >= 15 is 0 Å². The number of thiophene rings is 1. The average molecular weight is 356 g/mol. The summed E-state index contributed by atoms with van der Waals surface area (Å²) < 4.78 is 14.2. The minimum Gasteiger partial charge on any atom is -0.309 e. The van der Waals surface area contributed by atoms with E-state index in [1.165, 1.54) is 21.4 Å². The lowest BCUT2D eigenvalue weighted by Gasteiger charge is -2.17. The Labute approximate surface area is 132 Å². The van der Waals surface area contributed by atoms with E-state index in [1.807, 2.05) is 17.4 Å². The molecule has 1 nitrogen and oxygen atoms in total. The van der Waals surface area contributed by atoms with Gasteiger partial charge in [-0.3, -0.25) is 0 Å². The van der Waals surface area contributed by atoms with Gasteiger partial charge in [-0.15, -0.1) is 11.3 Å². The van der Waals surface area contributed by atoms with Gasteiger partial charge in [-0.25, -0.2) is 4.39 Å². The summed E-state index contributed by atoms with van der Waals surface area (Å²) in [7, 11) is 0. The Bertz CT molecular complexity index is 575. The van der Waals surface area contributed by atoms with Crippen LogP contribution < -0.4 is 5.32 Å². The second-order valence-electron chi connectivity index (χ2n) is 4.92. The Hall–Kier alpha value is -0.710. The third kappa shape index (κ3) is 3.48. The Morgan fingerprint density at radius 2 is 2.10 bits per heavy atom. The van der Waals surface area contributed by atoms with Gasteiger partial charge in [0.2, 0.25) is 0 Å². The number of halogens is 2. The first-order valence-corrected chi connectivity index (χ1v) is 8.37. The molecule has 4 heteroatoms. The van der Waals surface area contributed by atoms with Crippen LogP contribution in [-0.2, 0) is 6.42 Å². The van der Waals surface area contributed by atoms with Gasteiger partial charge in [0.05, 0.1) is 4.47 Å². The summed E-state index contributed by atoms with van der Waals surface area (Å²) in [6, 6.07) is 7.69. The number of aryl methyl sites for hydroxylation is 2. The molecule has 20 heavy (non-hydrogen) atoms. The molecule has 1 aromatic heterocycles. The lowest BCUT2D eigenvalue weighted by atomic mass is 10.0. The quantitative estimate of drug-likeness (QED) is 0.780. The van der Waals surface area contributed by atoms with E-state index in [2.05, 4.69) is 48.1 Å². The fraction of sp³-hybridized carbons (Fsp3) is 0.375. The van der Waals surface area contributed by atoms with Crippen LogP contribution in [0.4, 0.5) is 4.39 Å². The molecule has 1 aromatic carbocycles. The van der Waals surface area contributed by atoms with Gasteiger partial charge in [0.1, 0.15) is 5.82 Å². The normalized spacial score (nSPS) is 12.7. The molecule has 2 rings (SSSR count). The maximum absolute atomic E-state index is 13.6. The molecule has 0 saturated heterocycles. The Morgan fingerprint density at radius 3 is 2.70 bits per heavy atom. The van der Waals surface area contributed by atoms with Crippen LogP contribution in [0, 0.1) is 19.7 Å². The Kier molecular flexibility index (Phi) is 5.35. The predicted molar refractivity (Wildman–Crippen MR) is 88.0 cm³/mol. The molecule has 0 spiro atoms. The molecule has 0 amide bonds. The van der Waals surface area contributed by atoms with Crippen molar-refractivity contribution < 1.29 is 4.39 Å². The van der Waals surface area contributed by atoms with E-state index in [1.54, 1.807) is 6.07 Å². The Balaban J connectivity index is 2.27. The van der Waals surface area contributed by atoms with Crippen molar-refractivity contribution in [2.24, 2.45) is 0 Å². The lowest BCUT2D eigenvalue weighted by Crippen LogP contribution is -2.22. The van der Waals surface area contributed by atoms with Crippen LogP contribution in [0.25, 0.3) is 0 Å². The first kappa shape index (κ1) is 15.7. The summed E-state index contributed by atoms with van der Waals surface area (Å²) in [5.41, 5.74) is 2.32. The Morgan fingerprint density at radius 1 is 1.35 bits per heavy atom. The molecule has 0 fully saturated rings. The smallest absolute Gasteiger partial charge is 0.137 e. The molecule has 0 aliphatic heterocycles. The van der Waals surface area contributed by atoms with E-state index in [9.17, 15) is 4.39 Å². The van der Waals surface area contributed by atoms with Crippen molar-refractivity contribution in [3.05, 3.63) is 55.4 Å². The number of rotatable bonds is 5. The van der Waals surface area contributed by atoms with Gasteiger partial charge < -0.3 is 5.32 Å². The third-order valence-corrected chi connectivity index (χ3v) is 5.59. The summed E-state index contributed by atoms with van der Waals surface area (Å²) in [5, 5.41) is 3.50. The van der Waals surface area contributed by atoms with E-state index in [4.69, 9.17) is 0 Å². The first-order chi connectivity index (χ1) is 9.52. The molecule has 0 radical (unpaired) electrons. The zero-order chi connectivity index (χ0) is 14.7. The molecule has 0 aliphatic rings. The molecule has 1 N–H and O–H groups in total. The van der Waals surface area contributed by atoms with Gasteiger partial charge in [-0.1, -0.05) is 19.1 Å². The SMILES string of the molecule is CCNC(Cc1cccc(F)c1Br)c1cc(C)c(C)s1. The van der Waals surface area contributed by atoms with Gasteiger partial charge in [0.25, 0.3) is 0 Å². The topological polar surface area (TPSA) is 12.0 Å². The molecule has 0 bridgehead atoms. The summed E-state index contributed by atoms with van der Waals surface area (Å²) in [6.45, 7) is 7.27. The van der Waals surface area contributed by atoms with Crippen LogP contribution in [-0.4, -0.2) is 6.54 Å². The third-order valence-electron chi connectivity index (χ3n) is 3.43. The molecule has 1 atom stereocenters. The van der Waals surface area contributed by atoms with Gasteiger partial charge in [0, 0.05) is 15.8 Å². The number of nitrogens with one attached hydrogen (secondary N) is 1. The summed E-state index contributed by atoms with van der Waals surface area (Å²) in [5.74, 6) is -0.198. The molecular weight excluding hydrogens is 337 g/mol. The summed E-state index contributed by atoms with van der Waals surface area (Å²) in [4.78, 5) is 2.67. The minimum atomic E-state index is -0.198.